The number of rotatable bonds is 2. The molecule has 1 N–H and O–H groups in total. The summed E-state index contributed by atoms with van der Waals surface area (Å²) in [6.45, 7) is 3.48. The van der Waals surface area contributed by atoms with Crippen molar-refractivity contribution in [2.75, 3.05) is 32.8 Å². The van der Waals surface area contributed by atoms with Crippen LogP contribution in [0.5, 0.6) is 0 Å². The number of carbonyl (C=O) groups is 1. The van der Waals surface area contributed by atoms with Gasteiger partial charge in [0.2, 0.25) is 0 Å². The summed E-state index contributed by atoms with van der Waals surface area (Å²) in [5.41, 5.74) is 2.21. The van der Waals surface area contributed by atoms with E-state index in [1.54, 1.807) is 12.3 Å². The first-order valence-corrected chi connectivity index (χ1v) is 8.52. The molecule has 6 nitrogen and oxygen atoms in total. The fourth-order valence-corrected chi connectivity index (χ4v) is 3.74. The molecular weight excluding hydrogens is 316 g/mol. The molecule has 1 aromatic carbocycles. The van der Waals surface area contributed by atoms with Crippen LogP contribution in [0.25, 0.3) is 0 Å². The summed E-state index contributed by atoms with van der Waals surface area (Å²) in [6.07, 6.45) is 1.57. The molecule has 2 aromatic rings. The molecule has 4 rings (SSSR count). The number of morpholine rings is 1. The van der Waals surface area contributed by atoms with E-state index < -0.39 is 0 Å². The van der Waals surface area contributed by atoms with E-state index in [0.29, 0.717) is 37.6 Å². The van der Waals surface area contributed by atoms with Crippen molar-refractivity contribution in [2.24, 2.45) is 0 Å². The molecule has 0 bridgehead atoms. The summed E-state index contributed by atoms with van der Waals surface area (Å²) in [5, 5.41) is 8.92. The summed E-state index contributed by atoms with van der Waals surface area (Å²) in [6, 6.07) is 14.5. The highest BCUT2D eigenvalue weighted by Gasteiger charge is 2.37. The quantitative estimate of drug-likeness (QED) is 0.907. The van der Waals surface area contributed by atoms with E-state index in [-0.39, 0.29) is 18.0 Å². The molecule has 2 aliphatic heterocycles. The first-order valence-electron chi connectivity index (χ1n) is 8.52. The number of hydrogen-bond acceptors (Lipinski definition) is 4. The number of nitrogens with one attached hydrogen (secondary N) is 1. The number of aromatic amines is 1. The van der Waals surface area contributed by atoms with Crippen molar-refractivity contribution in [2.45, 2.75) is 12.1 Å². The van der Waals surface area contributed by atoms with Crippen molar-refractivity contribution < 1.29 is 9.53 Å². The fraction of sp³-hybridized carbons (Fsp3) is 0.368. The van der Waals surface area contributed by atoms with Crippen molar-refractivity contribution >= 4 is 5.91 Å². The van der Waals surface area contributed by atoms with Crippen LogP contribution in [0.3, 0.4) is 0 Å². The van der Waals surface area contributed by atoms with Gasteiger partial charge in [0.15, 0.2) is 0 Å². The molecule has 25 heavy (non-hydrogen) atoms. The predicted octanol–water partition coefficient (Wildman–Crippen LogP) is 1.78. The Hall–Kier alpha value is -2.62. The topological polar surface area (TPSA) is 72.4 Å². The molecule has 0 spiro atoms. The molecule has 1 aromatic heterocycles. The van der Waals surface area contributed by atoms with Crippen molar-refractivity contribution in [1.82, 2.24) is 14.8 Å². The van der Waals surface area contributed by atoms with Gasteiger partial charge in [-0.2, -0.15) is 5.26 Å². The fourth-order valence-electron chi connectivity index (χ4n) is 3.74. The summed E-state index contributed by atoms with van der Waals surface area (Å²) in [4.78, 5) is 19.9. The highest BCUT2D eigenvalue weighted by molar-refractivity contribution is 5.93. The van der Waals surface area contributed by atoms with Gasteiger partial charge < -0.3 is 14.6 Å². The molecule has 1 amide bonds. The molecule has 6 heteroatoms. The number of nitriles is 1. The minimum absolute atomic E-state index is 0.0528. The number of hydrogen-bond donors (Lipinski definition) is 1. The normalized spacial score (nSPS) is 23.7. The van der Waals surface area contributed by atoms with Gasteiger partial charge >= 0.3 is 0 Å². The van der Waals surface area contributed by atoms with Crippen LogP contribution in [0.15, 0.2) is 42.6 Å². The molecule has 128 valence electrons. The lowest BCUT2D eigenvalue weighted by Crippen LogP contribution is -2.60. The Bertz CT molecular complexity index is 795. The van der Waals surface area contributed by atoms with E-state index in [9.17, 15) is 4.79 Å². The van der Waals surface area contributed by atoms with Crippen LogP contribution in [0, 0.1) is 11.3 Å². The van der Waals surface area contributed by atoms with Gasteiger partial charge in [-0.05, 0) is 11.6 Å². The van der Waals surface area contributed by atoms with E-state index in [0.717, 1.165) is 6.54 Å². The predicted molar refractivity (Wildman–Crippen MR) is 91.9 cm³/mol. The molecule has 0 unspecified atom stereocenters. The minimum Gasteiger partial charge on any atom is -0.378 e. The van der Waals surface area contributed by atoms with Gasteiger partial charge in [-0.25, -0.2) is 0 Å². The van der Waals surface area contributed by atoms with Gasteiger partial charge in [-0.3, -0.25) is 9.69 Å². The molecular formula is C19H20N4O2. The SMILES string of the molecule is N#Cc1c[nH]c(C(=O)N2CCN3[C@@H](COC[C@@H]3c3ccccc3)C2)c1. The number of piperazine rings is 1. The van der Waals surface area contributed by atoms with Gasteiger partial charge in [-0.1, -0.05) is 30.3 Å². The third-order valence-corrected chi connectivity index (χ3v) is 5.03. The van der Waals surface area contributed by atoms with Crippen LogP contribution in [0.2, 0.25) is 0 Å². The van der Waals surface area contributed by atoms with E-state index in [4.69, 9.17) is 10.00 Å². The van der Waals surface area contributed by atoms with Crippen LogP contribution >= 0.6 is 0 Å². The number of fused-ring (bicyclic) bond motifs is 1. The molecule has 2 atom stereocenters. The number of benzene rings is 1. The standard InChI is InChI=1S/C19H20N4O2/c20-9-14-8-17(21-10-14)19(24)22-6-7-23-16(11-22)12-25-13-18(23)15-4-2-1-3-5-15/h1-5,8,10,16,18,21H,6-7,11-13H2/t16-,18-/m1/s1. The maximum atomic E-state index is 12.7. The number of nitrogens with zero attached hydrogens (tertiary/aromatic N) is 3. The summed E-state index contributed by atoms with van der Waals surface area (Å²) in [5.74, 6) is -0.0528. The van der Waals surface area contributed by atoms with Crippen molar-refractivity contribution in [1.29, 1.82) is 5.26 Å². The van der Waals surface area contributed by atoms with Crippen molar-refractivity contribution in [3.05, 3.63) is 59.4 Å². The number of aromatic nitrogens is 1. The Labute approximate surface area is 146 Å². The zero-order chi connectivity index (χ0) is 17.2. The van der Waals surface area contributed by atoms with E-state index in [1.165, 1.54) is 5.56 Å². The highest BCUT2D eigenvalue weighted by atomic mass is 16.5. The van der Waals surface area contributed by atoms with Gasteiger partial charge in [0.05, 0.1) is 30.9 Å². The molecule has 2 aliphatic rings. The Kier molecular flexibility index (Phi) is 4.26. The van der Waals surface area contributed by atoms with Crippen LogP contribution in [-0.4, -0.2) is 59.6 Å². The summed E-state index contributed by atoms with van der Waals surface area (Å²) >= 11 is 0. The third kappa shape index (κ3) is 3.04. The lowest BCUT2D eigenvalue weighted by molar-refractivity contribution is -0.0770. The molecule has 0 radical (unpaired) electrons. The van der Waals surface area contributed by atoms with Crippen molar-refractivity contribution in [3.63, 3.8) is 0 Å². The van der Waals surface area contributed by atoms with Gasteiger partial charge in [-0.15, -0.1) is 0 Å². The van der Waals surface area contributed by atoms with Crippen molar-refractivity contribution in [3.8, 4) is 6.07 Å². The van der Waals surface area contributed by atoms with Crippen LogP contribution in [-0.2, 0) is 4.74 Å². The average Bonchev–Trinajstić information content (AvgIpc) is 3.16. The molecule has 0 aliphatic carbocycles. The minimum atomic E-state index is -0.0528. The smallest absolute Gasteiger partial charge is 0.270 e. The van der Waals surface area contributed by atoms with Gasteiger partial charge in [0.1, 0.15) is 11.8 Å². The second-order valence-electron chi connectivity index (χ2n) is 6.52. The van der Waals surface area contributed by atoms with E-state index >= 15 is 0 Å². The third-order valence-electron chi connectivity index (χ3n) is 5.03. The first-order chi connectivity index (χ1) is 12.3. The largest absolute Gasteiger partial charge is 0.378 e. The Morgan fingerprint density at radius 3 is 2.84 bits per heavy atom. The monoisotopic (exact) mass is 336 g/mol. The number of amides is 1. The molecule has 2 saturated heterocycles. The van der Waals surface area contributed by atoms with Crippen LogP contribution in [0.1, 0.15) is 27.7 Å². The molecule has 0 saturated carbocycles. The zero-order valence-electron chi connectivity index (χ0n) is 13.9. The lowest BCUT2D eigenvalue weighted by atomic mass is 10.00. The van der Waals surface area contributed by atoms with Gasteiger partial charge in [0, 0.05) is 25.8 Å². The Balaban J connectivity index is 1.48. The Morgan fingerprint density at radius 1 is 1.24 bits per heavy atom. The second-order valence-corrected chi connectivity index (χ2v) is 6.52. The Morgan fingerprint density at radius 2 is 2.08 bits per heavy atom. The lowest BCUT2D eigenvalue weighted by Gasteiger charge is -2.48. The average molecular weight is 336 g/mol. The van der Waals surface area contributed by atoms with Crippen LogP contribution in [0.4, 0.5) is 0 Å². The molecule has 2 fully saturated rings. The summed E-state index contributed by atoms with van der Waals surface area (Å²) < 4.78 is 5.83. The number of carbonyl (C=O) groups excluding carboxylic acids is 1. The van der Waals surface area contributed by atoms with E-state index in [1.807, 2.05) is 17.0 Å². The highest BCUT2D eigenvalue weighted by Crippen LogP contribution is 2.29. The van der Waals surface area contributed by atoms with Gasteiger partial charge in [0.25, 0.3) is 5.91 Å². The van der Waals surface area contributed by atoms with E-state index in [2.05, 4.69) is 34.1 Å². The van der Waals surface area contributed by atoms with Crippen LogP contribution < -0.4 is 0 Å². The maximum Gasteiger partial charge on any atom is 0.270 e. The number of ether oxygens (including phenoxy) is 1. The molecule has 3 heterocycles. The maximum absolute atomic E-state index is 12.7. The second kappa shape index (κ2) is 6.71. The first kappa shape index (κ1) is 15.9. The summed E-state index contributed by atoms with van der Waals surface area (Å²) in [7, 11) is 0. The number of H-pyrrole nitrogens is 1. The zero-order valence-corrected chi connectivity index (χ0v) is 13.9.